The fourth-order valence-electron chi connectivity index (χ4n) is 1.89. The third kappa shape index (κ3) is 2.50. The van der Waals surface area contributed by atoms with Crippen LogP contribution in [0.15, 0.2) is 29.3 Å². The minimum absolute atomic E-state index is 0.360. The molecular formula is C12H16N2O2S. The molecular weight excluding hydrogens is 236 g/mol. The molecule has 5 heteroatoms. The average Bonchev–Trinajstić information content (AvgIpc) is 2.67. The SMILES string of the molecule is CS(=O)(=O)c1ccc2[nH]cc(CCCN)c2c1. The first kappa shape index (κ1) is 12.1. The second-order valence-corrected chi connectivity index (χ2v) is 6.20. The normalized spacial score (nSPS) is 12.1. The molecule has 0 saturated carbocycles. The maximum Gasteiger partial charge on any atom is 0.175 e. The van der Waals surface area contributed by atoms with E-state index < -0.39 is 9.84 Å². The first-order valence-electron chi connectivity index (χ1n) is 5.52. The van der Waals surface area contributed by atoms with E-state index >= 15 is 0 Å². The largest absolute Gasteiger partial charge is 0.361 e. The van der Waals surface area contributed by atoms with Gasteiger partial charge in [0.25, 0.3) is 0 Å². The molecule has 1 aromatic heterocycles. The molecule has 0 aliphatic carbocycles. The zero-order chi connectivity index (χ0) is 12.5. The summed E-state index contributed by atoms with van der Waals surface area (Å²) in [6, 6.07) is 5.16. The zero-order valence-electron chi connectivity index (χ0n) is 9.73. The molecule has 17 heavy (non-hydrogen) atoms. The number of aromatic amines is 1. The van der Waals surface area contributed by atoms with Gasteiger partial charge in [-0.2, -0.15) is 0 Å². The van der Waals surface area contributed by atoms with E-state index in [0.717, 1.165) is 29.3 Å². The fraction of sp³-hybridized carbons (Fsp3) is 0.333. The predicted molar refractivity (Wildman–Crippen MR) is 68.8 cm³/mol. The van der Waals surface area contributed by atoms with Crippen LogP contribution in [0.5, 0.6) is 0 Å². The Morgan fingerprint density at radius 1 is 1.35 bits per heavy atom. The molecule has 0 saturated heterocycles. The summed E-state index contributed by atoms with van der Waals surface area (Å²) in [5.41, 5.74) is 7.57. The molecule has 0 spiro atoms. The number of sulfone groups is 1. The van der Waals surface area contributed by atoms with Crippen LogP contribution >= 0.6 is 0 Å². The zero-order valence-corrected chi connectivity index (χ0v) is 10.5. The molecule has 1 heterocycles. The predicted octanol–water partition coefficient (Wildman–Crippen LogP) is 1.46. The molecule has 2 rings (SSSR count). The number of benzene rings is 1. The van der Waals surface area contributed by atoms with Crippen molar-refractivity contribution >= 4 is 20.7 Å². The van der Waals surface area contributed by atoms with Crippen molar-refractivity contribution in [1.82, 2.24) is 4.98 Å². The summed E-state index contributed by atoms with van der Waals surface area (Å²) in [5.74, 6) is 0. The quantitative estimate of drug-likeness (QED) is 0.865. The molecule has 4 nitrogen and oxygen atoms in total. The van der Waals surface area contributed by atoms with Crippen LogP contribution in [-0.2, 0) is 16.3 Å². The number of hydrogen-bond donors (Lipinski definition) is 2. The Hall–Kier alpha value is -1.33. The van der Waals surface area contributed by atoms with Gasteiger partial charge in [-0.1, -0.05) is 0 Å². The molecule has 0 unspecified atom stereocenters. The van der Waals surface area contributed by atoms with Crippen molar-refractivity contribution in [3.05, 3.63) is 30.0 Å². The van der Waals surface area contributed by atoms with Gasteiger partial charge in [0, 0.05) is 23.4 Å². The first-order valence-corrected chi connectivity index (χ1v) is 7.41. The minimum atomic E-state index is -3.15. The molecule has 0 atom stereocenters. The van der Waals surface area contributed by atoms with Crippen LogP contribution in [0.3, 0.4) is 0 Å². The average molecular weight is 252 g/mol. The number of fused-ring (bicyclic) bond motifs is 1. The number of H-pyrrole nitrogens is 1. The van der Waals surface area contributed by atoms with Gasteiger partial charge in [0.05, 0.1) is 4.90 Å². The van der Waals surface area contributed by atoms with Crippen molar-refractivity contribution in [1.29, 1.82) is 0 Å². The van der Waals surface area contributed by atoms with Crippen molar-refractivity contribution in [2.75, 3.05) is 12.8 Å². The topological polar surface area (TPSA) is 76.0 Å². The summed E-state index contributed by atoms with van der Waals surface area (Å²) in [6.07, 6.45) is 4.91. The molecule has 0 aliphatic rings. The molecule has 92 valence electrons. The van der Waals surface area contributed by atoms with Gasteiger partial charge >= 0.3 is 0 Å². The van der Waals surface area contributed by atoms with Crippen LogP contribution in [0, 0.1) is 0 Å². The Bertz CT molecular complexity index is 629. The van der Waals surface area contributed by atoms with Crippen LogP contribution in [0.25, 0.3) is 10.9 Å². The fourth-order valence-corrected chi connectivity index (χ4v) is 2.53. The van der Waals surface area contributed by atoms with Crippen molar-refractivity contribution in [3.8, 4) is 0 Å². The third-order valence-corrected chi connectivity index (χ3v) is 3.93. The second kappa shape index (κ2) is 4.50. The van der Waals surface area contributed by atoms with E-state index in [4.69, 9.17) is 5.73 Å². The Morgan fingerprint density at radius 2 is 2.12 bits per heavy atom. The first-order chi connectivity index (χ1) is 8.02. The van der Waals surface area contributed by atoms with Crippen LogP contribution < -0.4 is 5.73 Å². The number of rotatable bonds is 4. The highest BCUT2D eigenvalue weighted by atomic mass is 32.2. The molecule has 0 fully saturated rings. The maximum absolute atomic E-state index is 11.5. The number of nitrogens with one attached hydrogen (secondary N) is 1. The second-order valence-electron chi connectivity index (χ2n) is 4.19. The molecule has 0 radical (unpaired) electrons. The van der Waals surface area contributed by atoms with E-state index in [-0.39, 0.29) is 0 Å². The molecule has 3 N–H and O–H groups in total. The molecule has 0 amide bonds. The van der Waals surface area contributed by atoms with Gasteiger partial charge in [-0.05, 0) is 43.1 Å². The molecule has 2 aromatic rings. The van der Waals surface area contributed by atoms with Gasteiger partial charge in [-0.25, -0.2) is 8.42 Å². The lowest BCUT2D eigenvalue weighted by Gasteiger charge is -2.01. The van der Waals surface area contributed by atoms with Crippen molar-refractivity contribution < 1.29 is 8.42 Å². The van der Waals surface area contributed by atoms with Crippen LogP contribution in [0.4, 0.5) is 0 Å². The Morgan fingerprint density at radius 3 is 2.76 bits per heavy atom. The van der Waals surface area contributed by atoms with Crippen LogP contribution in [0.1, 0.15) is 12.0 Å². The number of hydrogen-bond acceptors (Lipinski definition) is 3. The summed E-state index contributed by atoms with van der Waals surface area (Å²) in [4.78, 5) is 3.50. The summed E-state index contributed by atoms with van der Waals surface area (Å²) < 4.78 is 23.0. The van der Waals surface area contributed by atoms with Crippen molar-refractivity contribution in [2.45, 2.75) is 17.7 Å². The van der Waals surface area contributed by atoms with E-state index in [1.165, 1.54) is 6.26 Å². The molecule has 0 aliphatic heterocycles. The Labute approximate surface area is 101 Å². The molecule has 0 bridgehead atoms. The summed E-state index contributed by atoms with van der Waals surface area (Å²) in [7, 11) is -3.15. The van der Waals surface area contributed by atoms with E-state index in [2.05, 4.69) is 4.98 Å². The van der Waals surface area contributed by atoms with E-state index in [1.54, 1.807) is 18.2 Å². The van der Waals surface area contributed by atoms with Crippen molar-refractivity contribution in [2.24, 2.45) is 5.73 Å². The van der Waals surface area contributed by atoms with E-state index in [0.29, 0.717) is 11.4 Å². The number of aromatic nitrogens is 1. The van der Waals surface area contributed by atoms with Gasteiger partial charge in [0.1, 0.15) is 0 Å². The Kier molecular flexibility index (Phi) is 3.22. The summed E-state index contributed by atoms with van der Waals surface area (Å²) in [5, 5.41) is 0.973. The minimum Gasteiger partial charge on any atom is -0.361 e. The summed E-state index contributed by atoms with van der Waals surface area (Å²) >= 11 is 0. The van der Waals surface area contributed by atoms with Gasteiger partial charge < -0.3 is 10.7 Å². The molecule has 1 aromatic carbocycles. The highest BCUT2D eigenvalue weighted by Gasteiger charge is 2.10. The lowest BCUT2D eigenvalue weighted by Crippen LogP contribution is -2.00. The van der Waals surface area contributed by atoms with Crippen molar-refractivity contribution in [3.63, 3.8) is 0 Å². The lowest BCUT2D eigenvalue weighted by atomic mass is 10.1. The third-order valence-electron chi connectivity index (χ3n) is 2.82. The number of nitrogens with two attached hydrogens (primary N) is 1. The van der Waals surface area contributed by atoms with Gasteiger partial charge in [-0.3, -0.25) is 0 Å². The highest BCUT2D eigenvalue weighted by molar-refractivity contribution is 7.90. The van der Waals surface area contributed by atoms with E-state index in [9.17, 15) is 8.42 Å². The lowest BCUT2D eigenvalue weighted by molar-refractivity contribution is 0.602. The highest BCUT2D eigenvalue weighted by Crippen LogP contribution is 2.23. The van der Waals surface area contributed by atoms with Gasteiger partial charge in [-0.15, -0.1) is 0 Å². The van der Waals surface area contributed by atoms with E-state index in [1.807, 2.05) is 6.20 Å². The van der Waals surface area contributed by atoms with Crippen LogP contribution in [-0.4, -0.2) is 26.2 Å². The smallest absolute Gasteiger partial charge is 0.175 e. The standard InChI is InChI=1S/C12H16N2O2S/c1-17(15,16)10-4-5-12-11(7-10)9(8-14-12)3-2-6-13/h4-5,7-8,14H,2-3,6,13H2,1H3. The summed E-state index contributed by atoms with van der Waals surface area (Å²) in [6.45, 7) is 0.637. The van der Waals surface area contributed by atoms with Gasteiger partial charge in [0.2, 0.25) is 0 Å². The monoisotopic (exact) mass is 252 g/mol. The maximum atomic E-state index is 11.5. The van der Waals surface area contributed by atoms with Gasteiger partial charge in [0.15, 0.2) is 9.84 Å². The Balaban J connectivity index is 2.50. The van der Waals surface area contributed by atoms with Crippen LogP contribution in [0.2, 0.25) is 0 Å². The number of aryl methyl sites for hydroxylation is 1.